The van der Waals surface area contributed by atoms with Gasteiger partial charge < -0.3 is 5.32 Å². The molecule has 130 valence electrons. The van der Waals surface area contributed by atoms with Crippen molar-refractivity contribution in [3.05, 3.63) is 40.3 Å². The molecule has 0 bridgehead atoms. The first kappa shape index (κ1) is 18.2. The summed E-state index contributed by atoms with van der Waals surface area (Å²) in [5.41, 5.74) is 0.529. The highest BCUT2D eigenvalue weighted by atomic mass is 16.2. The Morgan fingerprint density at radius 2 is 1.83 bits per heavy atom. The number of carbonyl (C=O) groups excluding carboxylic acids is 1. The molecule has 0 aliphatic carbocycles. The van der Waals surface area contributed by atoms with Gasteiger partial charge in [-0.1, -0.05) is 44.9 Å². The number of fused-ring (bicyclic) bond motifs is 1. The molecule has 0 fully saturated rings. The van der Waals surface area contributed by atoms with E-state index in [1.54, 1.807) is 6.07 Å². The van der Waals surface area contributed by atoms with Gasteiger partial charge in [-0.05, 0) is 32.3 Å². The van der Waals surface area contributed by atoms with Gasteiger partial charge in [-0.15, -0.1) is 0 Å². The summed E-state index contributed by atoms with van der Waals surface area (Å²) in [6.45, 7) is 8.20. The third kappa shape index (κ3) is 4.66. The molecule has 1 N–H and O–H groups in total. The first-order valence-corrected chi connectivity index (χ1v) is 8.64. The number of nitrogens with one attached hydrogen (secondary N) is 1. The number of benzene rings is 1. The third-order valence-electron chi connectivity index (χ3n) is 4.17. The molecule has 0 saturated heterocycles. The SMILES string of the molecule is Cc1nn(CC(=O)NC(C)CCCC(C)C)c(=O)c2ccccc12. The van der Waals surface area contributed by atoms with Gasteiger partial charge in [-0.25, -0.2) is 4.68 Å². The van der Waals surface area contributed by atoms with Crippen LogP contribution in [-0.2, 0) is 11.3 Å². The van der Waals surface area contributed by atoms with Crippen LogP contribution in [0.1, 0.15) is 45.7 Å². The van der Waals surface area contributed by atoms with Gasteiger partial charge in [-0.2, -0.15) is 5.10 Å². The number of rotatable bonds is 7. The Balaban J connectivity index is 2.03. The van der Waals surface area contributed by atoms with Crippen LogP contribution in [0.2, 0.25) is 0 Å². The van der Waals surface area contributed by atoms with E-state index in [1.807, 2.05) is 32.0 Å². The highest BCUT2D eigenvalue weighted by Gasteiger charge is 2.12. The molecule has 0 saturated carbocycles. The third-order valence-corrected chi connectivity index (χ3v) is 4.17. The van der Waals surface area contributed by atoms with E-state index >= 15 is 0 Å². The summed E-state index contributed by atoms with van der Waals surface area (Å²) >= 11 is 0. The van der Waals surface area contributed by atoms with E-state index in [2.05, 4.69) is 24.3 Å². The second-order valence-electron chi connectivity index (χ2n) is 6.89. The molecule has 0 radical (unpaired) electrons. The van der Waals surface area contributed by atoms with Crippen molar-refractivity contribution in [1.82, 2.24) is 15.1 Å². The van der Waals surface area contributed by atoms with Crippen LogP contribution in [0.25, 0.3) is 10.8 Å². The van der Waals surface area contributed by atoms with Crippen molar-refractivity contribution in [3.63, 3.8) is 0 Å². The molecule has 1 aromatic carbocycles. The zero-order valence-electron chi connectivity index (χ0n) is 15.0. The molecule has 5 nitrogen and oxygen atoms in total. The van der Waals surface area contributed by atoms with E-state index in [0.29, 0.717) is 11.3 Å². The topological polar surface area (TPSA) is 64.0 Å². The Morgan fingerprint density at radius 3 is 2.50 bits per heavy atom. The van der Waals surface area contributed by atoms with Crippen molar-refractivity contribution in [2.24, 2.45) is 5.92 Å². The van der Waals surface area contributed by atoms with Gasteiger partial charge in [0.25, 0.3) is 5.56 Å². The smallest absolute Gasteiger partial charge is 0.275 e. The molecule has 1 heterocycles. The molecule has 0 aliphatic heterocycles. The summed E-state index contributed by atoms with van der Waals surface area (Å²) in [5.74, 6) is 0.507. The van der Waals surface area contributed by atoms with Crippen LogP contribution in [0, 0.1) is 12.8 Å². The van der Waals surface area contributed by atoms with Gasteiger partial charge in [0.1, 0.15) is 6.54 Å². The largest absolute Gasteiger partial charge is 0.352 e. The average Bonchev–Trinajstić information content (AvgIpc) is 2.52. The quantitative estimate of drug-likeness (QED) is 0.849. The van der Waals surface area contributed by atoms with Crippen LogP contribution in [0.4, 0.5) is 0 Å². The summed E-state index contributed by atoms with van der Waals surface area (Å²) in [4.78, 5) is 24.7. The Bertz CT molecular complexity index is 765. The number of hydrogen-bond donors (Lipinski definition) is 1. The number of aromatic nitrogens is 2. The summed E-state index contributed by atoms with van der Waals surface area (Å²) in [7, 11) is 0. The van der Waals surface area contributed by atoms with Crippen LogP contribution in [0.15, 0.2) is 29.1 Å². The predicted molar refractivity (Wildman–Crippen MR) is 97.0 cm³/mol. The van der Waals surface area contributed by atoms with Crippen molar-refractivity contribution < 1.29 is 4.79 Å². The molecule has 1 atom stereocenters. The molecule has 0 spiro atoms. The first-order chi connectivity index (χ1) is 11.4. The number of hydrogen-bond acceptors (Lipinski definition) is 3. The number of amides is 1. The first-order valence-electron chi connectivity index (χ1n) is 8.64. The lowest BCUT2D eigenvalue weighted by Crippen LogP contribution is -2.38. The number of aryl methyl sites for hydroxylation is 1. The maximum Gasteiger partial charge on any atom is 0.275 e. The fourth-order valence-electron chi connectivity index (χ4n) is 2.87. The molecule has 1 amide bonds. The number of carbonyl (C=O) groups is 1. The molecule has 24 heavy (non-hydrogen) atoms. The maximum atomic E-state index is 12.5. The molecule has 5 heteroatoms. The lowest BCUT2D eigenvalue weighted by Gasteiger charge is -2.15. The van der Waals surface area contributed by atoms with Gasteiger partial charge in [0.15, 0.2) is 0 Å². The normalized spacial score (nSPS) is 12.5. The van der Waals surface area contributed by atoms with E-state index in [1.165, 1.54) is 4.68 Å². The maximum absolute atomic E-state index is 12.5. The molecule has 1 unspecified atom stereocenters. The van der Waals surface area contributed by atoms with Crippen molar-refractivity contribution in [3.8, 4) is 0 Å². The molecule has 2 aromatic rings. The zero-order chi connectivity index (χ0) is 17.7. The van der Waals surface area contributed by atoms with Crippen molar-refractivity contribution in [1.29, 1.82) is 0 Å². The minimum Gasteiger partial charge on any atom is -0.352 e. The molecular formula is C19H27N3O2. The van der Waals surface area contributed by atoms with Gasteiger partial charge in [-0.3, -0.25) is 9.59 Å². The molecular weight excluding hydrogens is 302 g/mol. The Kier molecular flexibility index (Phi) is 6.12. The van der Waals surface area contributed by atoms with Crippen molar-refractivity contribution in [2.75, 3.05) is 0 Å². The van der Waals surface area contributed by atoms with Gasteiger partial charge in [0.05, 0.1) is 11.1 Å². The standard InChI is InChI=1S/C19H27N3O2/c1-13(2)8-7-9-14(3)20-18(23)12-22-19(24)17-11-6-5-10-16(17)15(4)21-22/h5-6,10-11,13-14H,7-9,12H2,1-4H3,(H,20,23). The Labute approximate surface area is 143 Å². The summed E-state index contributed by atoms with van der Waals surface area (Å²) in [6.07, 6.45) is 3.19. The van der Waals surface area contributed by atoms with Crippen LogP contribution in [0.3, 0.4) is 0 Å². The van der Waals surface area contributed by atoms with Crippen LogP contribution in [0.5, 0.6) is 0 Å². The van der Waals surface area contributed by atoms with E-state index in [4.69, 9.17) is 0 Å². The second kappa shape index (κ2) is 8.08. The van der Waals surface area contributed by atoms with Gasteiger partial charge in [0.2, 0.25) is 5.91 Å². The van der Waals surface area contributed by atoms with Crippen molar-refractivity contribution >= 4 is 16.7 Å². The highest BCUT2D eigenvalue weighted by molar-refractivity contribution is 5.83. The fraction of sp³-hybridized carbons (Fsp3) is 0.526. The van der Waals surface area contributed by atoms with Crippen LogP contribution >= 0.6 is 0 Å². The molecule has 1 aromatic heterocycles. The van der Waals surface area contributed by atoms with Crippen molar-refractivity contribution in [2.45, 2.75) is 59.5 Å². The zero-order valence-corrected chi connectivity index (χ0v) is 15.0. The van der Waals surface area contributed by atoms with Gasteiger partial charge in [0, 0.05) is 11.4 Å². The second-order valence-corrected chi connectivity index (χ2v) is 6.89. The van der Waals surface area contributed by atoms with Gasteiger partial charge >= 0.3 is 0 Å². The monoisotopic (exact) mass is 329 g/mol. The average molecular weight is 329 g/mol. The predicted octanol–water partition coefficient (Wildman–Crippen LogP) is 3.04. The summed E-state index contributed by atoms with van der Waals surface area (Å²) in [5, 5.41) is 8.67. The fourth-order valence-corrected chi connectivity index (χ4v) is 2.87. The lowest BCUT2D eigenvalue weighted by atomic mass is 10.0. The minimum absolute atomic E-state index is 0.0426. The Hall–Kier alpha value is -2.17. The van der Waals surface area contributed by atoms with Crippen LogP contribution < -0.4 is 10.9 Å². The minimum atomic E-state index is -0.223. The van der Waals surface area contributed by atoms with E-state index in [-0.39, 0.29) is 24.1 Å². The molecule has 0 aliphatic rings. The van der Waals surface area contributed by atoms with E-state index in [0.717, 1.165) is 30.3 Å². The Morgan fingerprint density at radius 1 is 1.17 bits per heavy atom. The molecule has 2 rings (SSSR count). The van der Waals surface area contributed by atoms with E-state index < -0.39 is 0 Å². The van der Waals surface area contributed by atoms with E-state index in [9.17, 15) is 9.59 Å². The summed E-state index contributed by atoms with van der Waals surface area (Å²) in [6, 6.07) is 7.46. The summed E-state index contributed by atoms with van der Waals surface area (Å²) < 4.78 is 1.26. The highest BCUT2D eigenvalue weighted by Crippen LogP contribution is 2.12. The van der Waals surface area contributed by atoms with Crippen LogP contribution in [-0.4, -0.2) is 21.7 Å². The number of nitrogens with zero attached hydrogens (tertiary/aromatic N) is 2. The lowest BCUT2D eigenvalue weighted by molar-refractivity contribution is -0.122.